The molecule has 2 N–H and O–H groups in total. The molecule has 12 heteroatoms. The maximum Gasteiger partial charge on any atom is 0.573 e. The lowest BCUT2D eigenvalue weighted by atomic mass is 9.93. The average molecular weight is 503 g/mol. The SMILES string of the molecule is COc1ccc(OC(F)(F)F)cc1NC(=O)NC1CCC(Oc2ccnc(-c3cccnc3)n2)CC1. The molecule has 0 atom stereocenters. The third kappa shape index (κ3) is 6.96. The Bertz CT molecular complexity index is 1170. The number of amides is 2. The van der Waals surface area contributed by atoms with Crippen LogP contribution < -0.4 is 24.8 Å². The third-order valence-corrected chi connectivity index (χ3v) is 5.50. The number of pyridine rings is 1. The van der Waals surface area contributed by atoms with Crippen LogP contribution in [-0.2, 0) is 0 Å². The molecular formula is C24H24F3N5O4. The summed E-state index contributed by atoms with van der Waals surface area (Å²) in [7, 11) is 1.35. The highest BCUT2D eigenvalue weighted by atomic mass is 19.4. The van der Waals surface area contributed by atoms with Crippen LogP contribution in [-0.4, -0.2) is 46.6 Å². The number of alkyl halides is 3. The lowest BCUT2D eigenvalue weighted by Gasteiger charge is -2.29. The van der Waals surface area contributed by atoms with Gasteiger partial charge in [0.1, 0.15) is 17.6 Å². The first-order valence-corrected chi connectivity index (χ1v) is 11.2. The smallest absolute Gasteiger partial charge is 0.495 e. The Balaban J connectivity index is 1.28. The number of carbonyl (C=O) groups is 1. The minimum absolute atomic E-state index is 0.0574. The fourth-order valence-electron chi connectivity index (χ4n) is 3.86. The van der Waals surface area contributed by atoms with Gasteiger partial charge in [0.15, 0.2) is 5.82 Å². The van der Waals surface area contributed by atoms with Gasteiger partial charge >= 0.3 is 12.4 Å². The summed E-state index contributed by atoms with van der Waals surface area (Å²) in [5.74, 6) is 0.721. The van der Waals surface area contributed by atoms with Gasteiger partial charge < -0.3 is 24.8 Å². The van der Waals surface area contributed by atoms with Crippen molar-refractivity contribution in [3.63, 3.8) is 0 Å². The number of ether oxygens (including phenoxy) is 3. The van der Waals surface area contributed by atoms with Crippen LogP contribution in [0.3, 0.4) is 0 Å². The van der Waals surface area contributed by atoms with Crippen LogP contribution in [0.1, 0.15) is 25.7 Å². The number of urea groups is 1. The van der Waals surface area contributed by atoms with Crippen molar-refractivity contribution in [3.05, 3.63) is 55.0 Å². The van der Waals surface area contributed by atoms with Gasteiger partial charge in [0.2, 0.25) is 5.88 Å². The summed E-state index contributed by atoms with van der Waals surface area (Å²) in [6, 6.07) is 8.13. The maximum atomic E-state index is 12.5. The van der Waals surface area contributed by atoms with Gasteiger partial charge in [-0.1, -0.05) is 0 Å². The van der Waals surface area contributed by atoms with E-state index in [4.69, 9.17) is 9.47 Å². The minimum Gasteiger partial charge on any atom is -0.495 e. The molecule has 0 aliphatic heterocycles. The van der Waals surface area contributed by atoms with Gasteiger partial charge in [-0.3, -0.25) is 4.98 Å². The minimum atomic E-state index is -4.85. The quantitative estimate of drug-likeness (QED) is 0.469. The van der Waals surface area contributed by atoms with Crippen molar-refractivity contribution in [1.29, 1.82) is 0 Å². The lowest BCUT2D eigenvalue weighted by Crippen LogP contribution is -2.41. The molecule has 0 saturated heterocycles. The molecule has 2 amide bonds. The van der Waals surface area contributed by atoms with Gasteiger partial charge in [-0.25, -0.2) is 9.78 Å². The molecular weight excluding hydrogens is 479 g/mol. The zero-order chi connectivity index (χ0) is 25.5. The Hall–Kier alpha value is -4.09. The van der Waals surface area contributed by atoms with Crippen LogP contribution in [0.15, 0.2) is 55.0 Å². The highest BCUT2D eigenvalue weighted by Gasteiger charge is 2.31. The van der Waals surface area contributed by atoms with E-state index in [1.54, 1.807) is 30.7 Å². The largest absolute Gasteiger partial charge is 0.573 e. The number of nitrogens with one attached hydrogen (secondary N) is 2. The van der Waals surface area contributed by atoms with Crippen molar-refractivity contribution in [2.45, 2.75) is 44.2 Å². The number of anilines is 1. The van der Waals surface area contributed by atoms with E-state index in [0.29, 0.717) is 37.4 Å². The van der Waals surface area contributed by atoms with Crippen molar-refractivity contribution in [1.82, 2.24) is 20.3 Å². The molecule has 0 radical (unpaired) electrons. The summed E-state index contributed by atoms with van der Waals surface area (Å²) in [5, 5.41) is 5.38. The number of rotatable bonds is 7. The number of aromatic nitrogens is 3. The Morgan fingerprint density at radius 1 is 1.08 bits per heavy atom. The summed E-state index contributed by atoms with van der Waals surface area (Å²) >= 11 is 0. The predicted molar refractivity (Wildman–Crippen MR) is 124 cm³/mol. The molecule has 36 heavy (non-hydrogen) atoms. The van der Waals surface area contributed by atoms with Crippen molar-refractivity contribution >= 4 is 11.7 Å². The second-order valence-corrected chi connectivity index (χ2v) is 8.06. The standard InChI is InChI=1S/C24H24F3N5O4/c1-34-20-9-8-18(36-24(25,26)27)13-19(20)31-23(33)30-16-4-6-17(7-5-16)35-21-10-12-29-22(32-21)15-3-2-11-28-14-15/h2-3,8-14,16-17H,4-7H2,1H3,(H2,30,31,33). The highest BCUT2D eigenvalue weighted by molar-refractivity contribution is 5.91. The van der Waals surface area contributed by atoms with Crippen LogP contribution in [0.5, 0.6) is 17.4 Å². The number of benzene rings is 1. The molecule has 2 aromatic heterocycles. The van der Waals surface area contributed by atoms with Crippen molar-refractivity contribution in [3.8, 4) is 28.8 Å². The summed E-state index contributed by atoms with van der Waals surface area (Å²) in [4.78, 5) is 25.3. The van der Waals surface area contributed by atoms with Gasteiger partial charge in [0.25, 0.3) is 0 Å². The zero-order valence-electron chi connectivity index (χ0n) is 19.3. The van der Waals surface area contributed by atoms with Crippen LogP contribution >= 0.6 is 0 Å². The van der Waals surface area contributed by atoms with Gasteiger partial charge in [0.05, 0.1) is 12.8 Å². The van der Waals surface area contributed by atoms with Gasteiger partial charge in [-0.15, -0.1) is 13.2 Å². The normalized spacial score (nSPS) is 17.7. The summed E-state index contributed by atoms with van der Waals surface area (Å²) in [5.41, 5.74) is 0.843. The van der Waals surface area contributed by atoms with E-state index in [1.165, 1.54) is 13.2 Å². The molecule has 1 aliphatic carbocycles. The van der Waals surface area contributed by atoms with E-state index in [9.17, 15) is 18.0 Å². The Labute approximate surface area is 205 Å². The van der Waals surface area contributed by atoms with E-state index in [2.05, 4.69) is 30.3 Å². The highest BCUT2D eigenvalue weighted by Crippen LogP contribution is 2.32. The van der Waals surface area contributed by atoms with Crippen LogP contribution in [0.4, 0.5) is 23.7 Å². The van der Waals surface area contributed by atoms with Crippen molar-refractivity contribution in [2.24, 2.45) is 0 Å². The van der Waals surface area contributed by atoms with E-state index >= 15 is 0 Å². The van der Waals surface area contributed by atoms with Crippen LogP contribution in [0, 0.1) is 0 Å². The van der Waals surface area contributed by atoms with E-state index < -0.39 is 18.1 Å². The Morgan fingerprint density at radius 2 is 1.89 bits per heavy atom. The van der Waals surface area contributed by atoms with Crippen molar-refractivity contribution in [2.75, 3.05) is 12.4 Å². The topological polar surface area (TPSA) is 107 Å². The van der Waals surface area contributed by atoms with Crippen LogP contribution in [0.2, 0.25) is 0 Å². The molecule has 0 unspecified atom stereocenters. The first-order chi connectivity index (χ1) is 17.3. The van der Waals surface area contributed by atoms with E-state index in [0.717, 1.165) is 17.7 Å². The number of carbonyl (C=O) groups excluding carboxylic acids is 1. The summed E-state index contributed by atoms with van der Waals surface area (Å²) in [6.45, 7) is 0. The lowest BCUT2D eigenvalue weighted by molar-refractivity contribution is -0.274. The molecule has 1 saturated carbocycles. The van der Waals surface area contributed by atoms with E-state index in [1.807, 2.05) is 6.07 Å². The second kappa shape index (κ2) is 11.1. The molecule has 2 heterocycles. The van der Waals surface area contributed by atoms with Gasteiger partial charge in [-0.2, -0.15) is 4.98 Å². The van der Waals surface area contributed by atoms with Crippen LogP contribution in [0.25, 0.3) is 11.4 Å². The molecule has 0 spiro atoms. The van der Waals surface area contributed by atoms with Crippen molar-refractivity contribution < 1.29 is 32.2 Å². The van der Waals surface area contributed by atoms with Gasteiger partial charge in [0, 0.05) is 42.3 Å². The Kier molecular flexibility index (Phi) is 7.71. The predicted octanol–water partition coefficient (Wildman–Crippen LogP) is 4.96. The second-order valence-electron chi connectivity index (χ2n) is 8.06. The fourth-order valence-corrected chi connectivity index (χ4v) is 3.86. The fraction of sp³-hybridized carbons (Fsp3) is 0.333. The molecule has 190 valence electrons. The number of nitrogens with zero attached hydrogens (tertiary/aromatic N) is 3. The molecule has 1 aliphatic rings. The van der Waals surface area contributed by atoms with Gasteiger partial charge in [-0.05, 0) is 49.9 Å². The molecule has 9 nitrogen and oxygen atoms in total. The first kappa shape index (κ1) is 25.0. The number of hydrogen-bond donors (Lipinski definition) is 2. The number of hydrogen-bond acceptors (Lipinski definition) is 7. The number of methoxy groups -OCH3 is 1. The molecule has 4 rings (SSSR count). The van der Waals surface area contributed by atoms with E-state index in [-0.39, 0.29) is 23.6 Å². The summed E-state index contributed by atoms with van der Waals surface area (Å²) < 4.78 is 52.6. The first-order valence-electron chi connectivity index (χ1n) is 11.2. The molecule has 1 aromatic carbocycles. The third-order valence-electron chi connectivity index (χ3n) is 5.50. The summed E-state index contributed by atoms with van der Waals surface area (Å²) in [6.07, 6.45) is 2.76. The Morgan fingerprint density at radius 3 is 2.58 bits per heavy atom. The monoisotopic (exact) mass is 503 g/mol. The maximum absolute atomic E-state index is 12.5. The average Bonchev–Trinajstić information content (AvgIpc) is 2.85. The zero-order valence-corrected chi connectivity index (χ0v) is 19.3. The number of halogens is 3. The molecule has 1 fully saturated rings. The molecule has 3 aromatic rings. The molecule has 0 bridgehead atoms.